The van der Waals surface area contributed by atoms with Crippen LogP contribution >= 0.6 is 11.6 Å². The van der Waals surface area contributed by atoms with Gasteiger partial charge in [-0.1, -0.05) is 6.92 Å². The summed E-state index contributed by atoms with van der Waals surface area (Å²) in [5.74, 6) is 0.813. The fourth-order valence-electron chi connectivity index (χ4n) is 1.55. The molecule has 4 nitrogen and oxygen atoms in total. The van der Waals surface area contributed by atoms with Crippen molar-refractivity contribution in [1.29, 1.82) is 0 Å². The molecule has 2 N–H and O–H groups in total. The Morgan fingerprint density at radius 1 is 1.42 bits per heavy atom. The van der Waals surface area contributed by atoms with Gasteiger partial charge in [-0.2, -0.15) is 0 Å². The van der Waals surface area contributed by atoms with Crippen molar-refractivity contribution in [2.45, 2.75) is 33.3 Å². The summed E-state index contributed by atoms with van der Waals surface area (Å²) in [5.41, 5.74) is 2.61. The van der Waals surface area contributed by atoms with Crippen LogP contribution in [-0.2, 0) is 4.79 Å². The van der Waals surface area contributed by atoms with E-state index in [-0.39, 0.29) is 18.4 Å². The molecular formula is C14H20ClNO3. The molecule has 1 amide bonds. The molecule has 1 atom stereocenters. The molecule has 0 aliphatic heterocycles. The van der Waals surface area contributed by atoms with Gasteiger partial charge in [0.1, 0.15) is 18.5 Å². The number of nitrogens with one attached hydrogen (secondary N) is 1. The number of aliphatic hydroxyl groups is 1. The smallest absolute Gasteiger partial charge is 0.224 e. The Bertz CT molecular complexity index is 449. The van der Waals surface area contributed by atoms with Gasteiger partial charge >= 0.3 is 0 Å². The van der Waals surface area contributed by atoms with Crippen LogP contribution in [0.5, 0.6) is 5.75 Å². The van der Waals surface area contributed by atoms with E-state index in [2.05, 4.69) is 5.32 Å². The van der Waals surface area contributed by atoms with E-state index >= 15 is 0 Å². The van der Waals surface area contributed by atoms with Crippen LogP contribution in [0.2, 0.25) is 0 Å². The van der Waals surface area contributed by atoms with Gasteiger partial charge in [-0.15, -0.1) is 11.6 Å². The topological polar surface area (TPSA) is 58.6 Å². The van der Waals surface area contributed by atoms with E-state index in [9.17, 15) is 9.90 Å². The van der Waals surface area contributed by atoms with Crippen molar-refractivity contribution in [2.24, 2.45) is 0 Å². The molecule has 106 valence electrons. The van der Waals surface area contributed by atoms with E-state index < -0.39 is 6.10 Å². The number of hydrogen-bond donors (Lipinski definition) is 2. The maximum atomic E-state index is 11.4. The summed E-state index contributed by atoms with van der Waals surface area (Å²) in [6, 6.07) is 3.72. The van der Waals surface area contributed by atoms with Crippen LogP contribution in [0.1, 0.15) is 24.5 Å². The molecule has 0 saturated carbocycles. The molecule has 0 bridgehead atoms. The SMILES string of the molecule is CCC(=O)Nc1cc(C)c(OCC(O)CCl)cc1C. The predicted octanol–water partition coefficient (Wildman–Crippen LogP) is 2.63. The van der Waals surface area contributed by atoms with Crippen LogP contribution < -0.4 is 10.1 Å². The molecule has 0 radical (unpaired) electrons. The minimum absolute atomic E-state index is 0.0197. The quantitative estimate of drug-likeness (QED) is 0.790. The van der Waals surface area contributed by atoms with Gasteiger partial charge in [-0.25, -0.2) is 0 Å². The fraction of sp³-hybridized carbons (Fsp3) is 0.500. The van der Waals surface area contributed by atoms with E-state index in [1.165, 1.54) is 0 Å². The second-order valence-electron chi connectivity index (χ2n) is 4.45. The number of rotatable bonds is 6. The molecule has 0 aliphatic rings. The van der Waals surface area contributed by atoms with Crippen molar-refractivity contribution in [1.82, 2.24) is 0 Å². The number of halogens is 1. The van der Waals surface area contributed by atoms with Gasteiger partial charge in [0.25, 0.3) is 0 Å². The highest BCUT2D eigenvalue weighted by Gasteiger charge is 2.09. The van der Waals surface area contributed by atoms with Crippen LogP contribution in [0.25, 0.3) is 0 Å². The average molecular weight is 286 g/mol. The lowest BCUT2D eigenvalue weighted by Gasteiger charge is -2.15. The number of benzene rings is 1. The lowest BCUT2D eigenvalue weighted by atomic mass is 10.1. The molecule has 1 aromatic rings. The summed E-state index contributed by atoms with van der Waals surface area (Å²) in [7, 11) is 0. The van der Waals surface area contributed by atoms with Gasteiger partial charge in [0.15, 0.2) is 0 Å². The summed E-state index contributed by atoms with van der Waals surface area (Å²) in [5, 5.41) is 12.2. The van der Waals surface area contributed by atoms with Crippen LogP contribution in [0.4, 0.5) is 5.69 Å². The number of amides is 1. The highest BCUT2D eigenvalue weighted by molar-refractivity contribution is 6.18. The normalized spacial score (nSPS) is 12.1. The van der Waals surface area contributed by atoms with Crippen molar-refractivity contribution >= 4 is 23.2 Å². The average Bonchev–Trinajstić information content (AvgIpc) is 2.40. The Labute approximate surface area is 118 Å². The molecule has 1 rings (SSSR count). The first-order valence-corrected chi connectivity index (χ1v) is 6.79. The van der Waals surface area contributed by atoms with Crippen LogP contribution in [-0.4, -0.2) is 29.6 Å². The molecular weight excluding hydrogens is 266 g/mol. The zero-order valence-electron chi connectivity index (χ0n) is 11.5. The molecule has 0 saturated heterocycles. The number of anilines is 1. The van der Waals surface area contributed by atoms with Gasteiger partial charge in [0, 0.05) is 12.1 Å². The van der Waals surface area contributed by atoms with Crippen molar-refractivity contribution < 1.29 is 14.6 Å². The number of ether oxygens (including phenoxy) is 1. The minimum atomic E-state index is -0.680. The van der Waals surface area contributed by atoms with Gasteiger partial charge in [0.2, 0.25) is 5.91 Å². The molecule has 0 fully saturated rings. The second kappa shape index (κ2) is 7.36. The number of aliphatic hydroxyl groups excluding tert-OH is 1. The highest BCUT2D eigenvalue weighted by Crippen LogP contribution is 2.26. The highest BCUT2D eigenvalue weighted by atomic mass is 35.5. The lowest BCUT2D eigenvalue weighted by Crippen LogP contribution is -2.19. The van der Waals surface area contributed by atoms with E-state index in [1.54, 1.807) is 0 Å². The molecule has 1 aromatic carbocycles. The standard InChI is InChI=1S/C14H20ClNO3/c1-4-14(18)16-12-5-10(3)13(6-9(12)2)19-8-11(17)7-15/h5-6,11,17H,4,7-8H2,1-3H3,(H,16,18). The molecule has 1 unspecified atom stereocenters. The molecule has 0 aliphatic carbocycles. The lowest BCUT2D eigenvalue weighted by molar-refractivity contribution is -0.115. The predicted molar refractivity (Wildman–Crippen MR) is 77.1 cm³/mol. The Morgan fingerprint density at radius 2 is 2.11 bits per heavy atom. The fourth-order valence-corrected chi connectivity index (χ4v) is 1.64. The van der Waals surface area contributed by atoms with E-state index in [4.69, 9.17) is 16.3 Å². The minimum Gasteiger partial charge on any atom is -0.491 e. The molecule has 0 spiro atoms. The summed E-state index contributed by atoms with van der Waals surface area (Å²) < 4.78 is 5.51. The third-order valence-electron chi connectivity index (χ3n) is 2.73. The summed E-state index contributed by atoms with van der Waals surface area (Å²) in [6.45, 7) is 5.76. The number of carbonyl (C=O) groups is 1. The first-order chi connectivity index (χ1) is 8.97. The second-order valence-corrected chi connectivity index (χ2v) is 4.76. The Morgan fingerprint density at radius 3 is 2.68 bits per heavy atom. The van der Waals surface area contributed by atoms with Crippen molar-refractivity contribution in [2.75, 3.05) is 17.8 Å². The summed E-state index contributed by atoms with van der Waals surface area (Å²) in [4.78, 5) is 11.4. The molecule has 0 aromatic heterocycles. The van der Waals surface area contributed by atoms with Crippen molar-refractivity contribution in [3.63, 3.8) is 0 Å². The van der Waals surface area contributed by atoms with E-state index in [1.807, 2.05) is 32.9 Å². The maximum Gasteiger partial charge on any atom is 0.224 e. The van der Waals surface area contributed by atoms with Gasteiger partial charge in [-0.3, -0.25) is 4.79 Å². The number of hydrogen-bond acceptors (Lipinski definition) is 3. The monoisotopic (exact) mass is 285 g/mol. The summed E-state index contributed by atoms with van der Waals surface area (Å²) >= 11 is 5.51. The van der Waals surface area contributed by atoms with E-state index in [0.717, 1.165) is 16.8 Å². The van der Waals surface area contributed by atoms with Gasteiger partial charge in [-0.05, 0) is 37.1 Å². The van der Waals surface area contributed by atoms with Gasteiger partial charge in [0.05, 0.1) is 5.88 Å². The van der Waals surface area contributed by atoms with Crippen LogP contribution in [0.15, 0.2) is 12.1 Å². The molecule has 0 heterocycles. The number of alkyl halides is 1. The first-order valence-electron chi connectivity index (χ1n) is 6.25. The van der Waals surface area contributed by atoms with E-state index in [0.29, 0.717) is 12.2 Å². The Hall–Kier alpha value is -1.26. The van der Waals surface area contributed by atoms with Gasteiger partial charge < -0.3 is 15.2 Å². The zero-order valence-corrected chi connectivity index (χ0v) is 12.3. The third kappa shape index (κ3) is 4.73. The maximum absolute atomic E-state index is 11.4. The Balaban J connectivity index is 2.81. The van der Waals surface area contributed by atoms with Crippen molar-refractivity contribution in [3.05, 3.63) is 23.3 Å². The van der Waals surface area contributed by atoms with Crippen molar-refractivity contribution in [3.8, 4) is 5.75 Å². The third-order valence-corrected chi connectivity index (χ3v) is 3.08. The van der Waals surface area contributed by atoms with Crippen LogP contribution in [0.3, 0.4) is 0 Å². The largest absolute Gasteiger partial charge is 0.491 e. The zero-order chi connectivity index (χ0) is 14.4. The summed E-state index contributed by atoms with van der Waals surface area (Å²) in [6.07, 6.45) is -0.237. The Kier molecular flexibility index (Phi) is 6.12. The molecule has 19 heavy (non-hydrogen) atoms. The molecule has 5 heteroatoms. The first kappa shape index (κ1) is 15.8. The number of carbonyl (C=O) groups excluding carboxylic acids is 1. The number of aryl methyl sites for hydroxylation is 2. The van der Waals surface area contributed by atoms with Crippen LogP contribution in [0, 0.1) is 13.8 Å².